The molecule has 67 heavy (non-hydrogen) atoms. The molecule has 10 aromatic rings. The fourth-order valence-electron chi connectivity index (χ4n) is 10.8. The van der Waals surface area contributed by atoms with Gasteiger partial charge in [-0.2, -0.15) is 0 Å². The SMILES string of the molecule is C=C.C=C/C=C\c1c(CC)c(C)c(/C=C\C)c2ccc(-c3ccc(N(c4ccc5c(c4)C(c4ccccc4)(c4ccccc4)c4ccccc4-5)c4cccc5sc6ccccc6c45)cc3)cc12. The van der Waals surface area contributed by atoms with E-state index in [9.17, 15) is 0 Å². The first-order valence-electron chi connectivity index (χ1n) is 23.2. The third-order valence-corrected chi connectivity index (χ3v) is 14.8. The van der Waals surface area contributed by atoms with Crippen LogP contribution in [0.4, 0.5) is 17.1 Å². The third kappa shape index (κ3) is 7.08. The Bertz CT molecular complexity index is 3480. The van der Waals surface area contributed by atoms with Crippen LogP contribution in [0.2, 0.25) is 0 Å². The summed E-state index contributed by atoms with van der Waals surface area (Å²) < 4.78 is 2.57. The highest BCUT2D eigenvalue weighted by molar-refractivity contribution is 7.26. The average molecular weight is 880 g/mol. The molecule has 0 amide bonds. The standard InChI is InChI=1S/C63H49NS.C2H4/c1-5-8-25-51-49(7-3)42(4)50(20-6-2)52-38-34-44(40-56(51)52)43-32-35-47(36-33-43)64(59-29-19-31-61-62(59)55-27-16-18-30-60(55)65-61)48-37-39-54-53-26-15-17-28-57(53)63(58(54)41-48,45-21-11-9-12-22-45)46-23-13-10-14-24-46;1-2/h5-6,8-41H,1,7H2,2-4H3;1-2H2/b20-6-,25-8-;. The van der Waals surface area contributed by atoms with Crippen molar-refractivity contribution in [1.82, 2.24) is 0 Å². The van der Waals surface area contributed by atoms with Crippen LogP contribution in [0, 0.1) is 6.92 Å². The molecule has 0 radical (unpaired) electrons. The second-order valence-electron chi connectivity index (χ2n) is 17.0. The van der Waals surface area contributed by atoms with Crippen LogP contribution in [-0.4, -0.2) is 0 Å². The van der Waals surface area contributed by atoms with Crippen LogP contribution < -0.4 is 4.90 Å². The molecule has 1 nitrogen and oxygen atoms in total. The zero-order valence-electron chi connectivity index (χ0n) is 38.5. The molecule has 0 fully saturated rings. The number of fused-ring (bicyclic) bond motifs is 7. The number of hydrogen-bond donors (Lipinski definition) is 0. The highest BCUT2D eigenvalue weighted by Gasteiger charge is 2.46. The molecular weight excluding hydrogens is 827 g/mol. The van der Waals surface area contributed by atoms with E-state index in [0.717, 1.165) is 23.5 Å². The van der Waals surface area contributed by atoms with Gasteiger partial charge in [0.15, 0.2) is 0 Å². The molecule has 0 saturated carbocycles. The van der Waals surface area contributed by atoms with Crippen LogP contribution in [0.25, 0.3) is 65.4 Å². The maximum Gasteiger partial charge on any atom is 0.0714 e. The van der Waals surface area contributed by atoms with Gasteiger partial charge in [0.05, 0.1) is 11.1 Å². The first-order valence-corrected chi connectivity index (χ1v) is 24.0. The largest absolute Gasteiger partial charge is 0.310 e. The Kier molecular flexibility index (Phi) is 11.7. The predicted molar refractivity (Wildman–Crippen MR) is 294 cm³/mol. The van der Waals surface area contributed by atoms with E-state index in [-0.39, 0.29) is 0 Å². The summed E-state index contributed by atoms with van der Waals surface area (Å²) in [4.78, 5) is 2.49. The maximum atomic E-state index is 4.00. The Balaban J connectivity index is 0.00000259. The molecule has 2 heteroatoms. The molecular formula is C65H53NS. The lowest BCUT2D eigenvalue weighted by Crippen LogP contribution is -2.28. The molecule has 0 spiro atoms. The molecule has 0 atom stereocenters. The highest BCUT2D eigenvalue weighted by atomic mass is 32.1. The maximum absolute atomic E-state index is 4.00. The van der Waals surface area contributed by atoms with Crippen molar-refractivity contribution in [3.05, 3.63) is 271 Å². The van der Waals surface area contributed by atoms with E-state index >= 15 is 0 Å². The Morgan fingerprint density at radius 3 is 1.91 bits per heavy atom. The summed E-state index contributed by atoms with van der Waals surface area (Å²) in [6.07, 6.45) is 11.5. The van der Waals surface area contributed by atoms with E-state index in [4.69, 9.17) is 0 Å². The van der Waals surface area contributed by atoms with Crippen molar-refractivity contribution in [1.29, 1.82) is 0 Å². The monoisotopic (exact) mass is 879 g/mol. The number of anilines is 3. The quantitative estimate of drug-likeness (QED) is 0.0977. The minimum absolute atomic E-state index is 0.514. The molecule has 1 aromatic heterocycles. The van der Waals surface area contributed by atoms with Gasteiger partial charge in [-0.3, -0.25) is 0 Å². The molecule has 1 aliphatic rings. The molecule has 324 valence electrons. The highest BCUT2D eigenvalue weighted by Crippen LogP contribution is 2.57. The van der Waals surface area contributed by atoms with Gasteiger partial charge in [0.1, 0.15) is 0 Å². The first kappa shape index (κ1) is 43.1. The summed E-state index contributed by atoms with van der Waals surface area (Å²) in [7, 11) is 0. The summed E-state index contributed by atoms with van der Waals surface area (Å²) in [5.74, 6) is 0. The molecule has 0 saturated heterocycles. The van der Waals surface area contributed by atoms with Gasteiger partial charge < -0.3 is 4.90 Å². The van der Waals surface area contributed by atoms with E-state index in [1.54, 1.807) is 0 Å². The van der Waals surface area contributed by atoms with Gasteiger partial charge in [0.25, 0.3) is 0 Å². The minimum Gasteiger partial charge on any atom is -0.310 e. The third-order valence-electron chi connectivity index (χ3n) is 13.6. The van der Waals surface area contributed by atoms with Gasteiger partial charge in [0, 0.05) is 31.5 Å². The molecule has 0 unspecified atom stereocenters. The van der Waals surface area contributed by atoms with Crippen molar-refractivity contribution in [3.8, 4) is 22.3 Å². The summed E-state index contributed by atoms with van der Waals surface area (Å²) in [5, 5.41) is 5.08. The lowest BCUT2D eigenvalue weighted by Gasteiger charge is -2.35. The Labute approximate surface area is 399 Å². The van der Waals surface area contributed by atoms with Gasteiger partial charge in [-0.25, -0.2) is 0 Å². The molecule has 0 bridgehead atoms. The van der Waals surface area contributed by atoms with Crippen molar-refractivity contribution in [3.63, 3.8) is 0 Å². The second kappa shape index (κ2) is 18.2. The van der Waals surface area contributed by atoms with Crippen molar-refractivity contribution in [2.45, 2.75) is 32.6 Å². The van der Waals surface area contributed by atoms with Gasteiger partial charge in [0.2, 0.25) is 0 Å². The Hall–Kier alpha value is -7.78. The number of nitrogens with zero attached hydrogens (tertiary/aromatic N) is 1. The Morgan fingerprint density at radius 2 is 1.19 bits per heavy atom. The van der Waals surface area contributed by atoms with Crippen LogP contribution in [0.1, 0.15) is 58.4 Å². The summed E-state index contributed by atoms with van der Waals surface area (Å²) in [6.45, 7) is 16.6. The van der Waals surface area contributed by atoms with Crippen LogP contribution in [0.3, 0.4) is 0 Å². The molecule has 1 heterocycles. The van der Waals surface area contributed by atoms with Gasteiger partial charge >= 0.3 is 0 Å². The number of benzene rings is 9. The van der Waals surface area contributed by atoms with Crippen molar-refractivity contribution < 1.29 is 0 Å². The van der Waals surface area contributed by atoms with Gasteiger partial charge in [-0.15, -0.1) is 24.5 Å². The first-order chi connectivity index (χ1) is 33.0. The van der Waals surface area contributed by atoms with E-state index in [2.05, 4.69) is 258 Å². The van der Waals surface area contributed by atoms with Crippen LogP contribution in [-0.2, 0) is 11.8 Å². The number of allylic oxidation sites excluding steroid dienone is 3. The lowest BCUT2D eigenvalue weighted by molar-refractivity contribution is 0.768. The van der Waals surface area contributed by atoms with Gasteiger partial charge in [-0.1, -0.05) is 183 Å². The molecule has 11 rings (SSSR count). The van der Waals surface area contributed by atoms with E-state index < -0.39 is 5.41 Å². The van der Waals surface area contributed by atoms with Crippen molar-refractivity contribution in [2.75, 3.05) is 4.90 Å². The van der Waals surface area contributed by atoms with E-state index in [1.165, 1.54) is 97.7 Å². The minimum atomic E-state index is -0.514. The van der Waals surface area contributed by atoms with Crippen LogP contribution >= 0.6 is 11.3 Å². The van der Waals surface area contributed by atoms with Crippen molar-refractivity contribution in [2.24, 2.45) is 0 Å². The molecule has 0 aliphatic heterocycles. The molecule has 1 aliphatic carbocycles. The fraction of sp³-hybridized carbons (Fsp3) is 0.0769. The lowest BCUT2D eigenvalue weighted by atomic mass is 9.67. The number of rotatable bonds is 10. The fourth-order valence-corrected chi connectivity index (χ4v) is 12.0. The average Bonchev–Trinajstić information content (AvgIpc) is 3.92. The van der Waals surface area contributed by atoms with Crippen LogP contribution in [0.15, 0.2) is 226 Å². The van der Waals surface area contributed by atoms with Gasteiger partial charge in [-0.05, 0) is 146 Å². The van der Waals surface area contributed by atoms with E-state index in [1.807, 2.05) is 17.4 Å². The topological polar surface area (TPSA) is 3.24 Å². The number of hydrogen-bond acceptors (Lipinski definition) is 2. The second-order valence-corrected chi connectivity index (χ2v) is 18.1. The number of thiophene rings is 1. The summed E-state index contributed by atoms with van der Waals surface area (Å²) >= 11 is 1.86. The zero-order valence-corrected chi connectivity index (χ0v) is 39.3. The molecule has 9 aromatic carbocycles. The smallest absolute Gasteiger partial charge is 0.0714 e. The predicted octanol–water partition coefficient (Wildman–Crippen LogP) is 18.6. The normalized spacial score (nSPS) is 12.6. The Morgan fingerprint density at radius 1 is 0.552 bits per heavy atom. The zero-order chi connectivity index (χ0) is 46.1. The molecule has 0 N–H and O–H groups in total. The summed E-state index contributed by atoms with van der Waals surface area (Å²) in [6, 6.07) is 70.2. The van der Waals surface area contributed by atoms with Crippen molar-refractivity contribution >= 4 is 71.5 Å². The van der Waals surface area contributed by atoms with Crippen LogP contribution in [0.5, 0.6) is 0 Å². The van der Waals surface area contributed by atoms with E-state index in [0.29, 0.717) is 0 Å². The summed E-state index contributed by atoms with van der Waals surface area (Å²) in [5.41, 5.74) is 18.2.